The number of nitrogens with one attached hydrogen (secondary N) is 1. The smallest absolute Gasteiger partial charge is 0.410 e. The van der Waals surface area contributed by atoms with Gasteiger partial charge in [0.2, 0.25) is 0 Å². The monoisotopic (exact) mass is 570 g/mol. The molecule has 1 fully saturated rings. The van der Waals surface area contributed by atoms with Crippen LogP contribution in [0.25, 0.3) is 0 Å². The fourth-order valence-electron chi connectivity index (χ4n) is 3.07. The number of ether oxygens (including phenoxy) is 2. The zero-order valence-corrected chi connectivity index (χ0v) is 22.1. The fourth-order valence-corrected chi connectivity index (χ4v) is 6.98. The molecule has 34 heavy (non-hydrogen) atoms. The number of aromatic hydroxyl groups is 1. The number of phenolic OH excluding ortho intramolecular Hbond substituents is 1. The van der Waals surface area contributed by atoms with Gasteiger partial charge in [-0.05, 0) is 32.9 Å². The molecule has 0 radical (unpaired) electrons. The normalized spacial score (nSPS) is 16.4. The number of thiophene rings is 1. The van der Waals surface area contributed by atoms with Crippen LogP contribution in [-0.4, -0.2) is 55.3 Å². The number of hydrogen-bond acceptors (Lipinski definition) is 8. The first-order valence-corrected chi connectivity index (χ1v) is 13.3. The summed E-state index contributed by atoms with van der Waals surface area (Å²) in [4.78, 5) is 25.7. The number of rotatable bonds is 5. The number of phenols is 1. The summed E-state index contributed by atoms with van der Waals surface area (Å²) in [7, 11) is -4.21. The van der Waals surface area contributed by atoms with Crippen molar-refractivity contribution >= 4 is 73.9 Å². The summed E-state index contributed by atoms with van der Waals surface area (Å²) in [5.41, 5.74) is -0.860. The molecule has 0 saturated carbocycles. The molecule has 0 bridgehead atoms. The van der Waals surface area contributed by atoms with E-state index in [0.717, 1.165) is 17.4 Å². The number of likely N-dealkylation sites (tertiary alicyclic amines) is 1. The lowest BCUT2D eigenvalue weighted by Gasteiger charge is -2.24. The van der Waals surface area contributed by atoms with Crippen molar-refractivity contribution in [2.75, 3.05) is 17.8 Å². The van der Waals surface area contributed by atoms with E-state index in [9.17, 15) is 23.1 Å². The summed E-state index contributed by atoms with van der Waals surface area (Å²) in [6.45, 7) is 5.78. The predicted octanol–water partition coefficient (Wildman–Crippen LogP) is 5.38. The molecule has 9 nitrogen and oxygen atoms in total. The maximum Gasteiger partial charge on any atom is 0.410 e. The molecule has 1 amide bonds. The number of carbonyl (C=O) groups is 2. The minimum Gasteiger partial charge on any atom is -0.507 e. The molecular formula is C20H21Cl3N2O7S2. The zero-order chi connectivity index (χ0) is 25.4. The Kier molecular flexibility index (Phi) is 7.83. The van der Waals surface area contributed by atoms with Crippen molar-refractivity contribution < 1.29 is 32.6 Å². The van der Waals surface area contributed by atoms with Gasteiger partial charge in [-0.15, -0.1) is 11.3 Å². The van der Waals surface area contributed by atoms with Crippen LogP contribution >= 0.6 is 46.1 Å². The Morgan fingerprint density at radius 2 is 1.88 bits per heavy atom. The van der Waals surface area contributed by atoms with Crippen LogP contribution in [0.4, 0.5) is 10.5 Å². The second-order valence-corrected chi connectivity index (χ2v) is 12.6. The second kappa shape index (κ2) is 9.98. The summed E-state index contributed by atoms with van der Waals surface area (Å²) in [5, 5.41) is 10.1. The SMILES string of the molecule is CC(C)(C)OC(=O)N1CCC(OC(=O)c2ccc(NS(=O)(=O)c3c(Cl)sc(Cl)c3Cl)cc2O)C1. The van der Waals surface area contributed by atoms with Gasteiger partial charge in [0.25, 0.3) is 10.0 Å². The molecule has 0 aliphatic carbocycles. The Balaban J connectivity index is 1.66. The van der Waals surface area contributed by atoms with Crippen molar-refractivity contribution in [3.63, 3.8) is 0 Å². The maximum atomic E-state index is 12.6. The third-order valence-corrected chi connectivity index (χ3v) is 8.54. The van der Waals surface area contributed by atoms with Gasteiger partial charge in [-0.25, -0.2) is 18.0 Å². The molecule has 1 aliphatic rings. The van der Waals surface area contributed by atoms with Gasteiger partial charge in [-0.3, -0.25) is 4.72 Å². The van der Waals surface area contributed by atoms with Crippen LogP contribution in [0.2, 0.25) is 13.7 Å². The van der Waals surface area contributed by atoms with E-state index in [1.165, 1.54) is 17.0 Å². The Bertz CT molecular complexity index is 1230. The van der Waals surface area contributed by atoms with Gasteiger partial charge in [0.1, 0.15) is 36.6 Å². The van der Waals surface area contributed by atoms with Crippen LogP contribution in [-0.2, 0) is 19.5 Å². The number of halogens is 3. The molecule has 2 N–H and O–H groups in total. The van der Waals surface area contributed by atoms with Crippen molar-refractivity contribution in [1.29, 1.82) is 0 Å². The summed E-state index contributed by atoms with van der Waals surface area (Å²) >= 11 is 18.5. The first kappa shape index (κ1) is 26.7. The van der Waals surface area contributed by atoms with Crippen LogP contribution in [0, 0.1) is 0 Å². The molecule has 1 unspecified atom stereocenters. The van der Waals surface area contributed by atoms with Crippen molar-refractivity contribution in [3.8, 4) is 5.75 Å². The number of anilines is 1. The van der Waals surface area contributed by atoms with Crippen molar-refractivity contribution in [3.05, 3.63) is 37.5 Å². The largest absolute Gasteiger partial charge is 0.507 e. The molecule has 2 aromatic rings. The van der Waals surface area contributed by atoms with E-state index >= 15 is 0 Å². The topological polar surface area (TPSA) is 122 Å². The van der Waals surface area contributed by atoms with E-state index in [1.54, 1.807) is 20.8 Å². The van der Waals surface area contributed by atoms with Gasteiger partial charge >= 0.3 is 12.1 Å². The number of hydrogen-bond donors (Lipinski definition) is 2. The van der Waals surface area contributed by atoms with Crippen molar-refractivity contribution in [1.82, 2.24) is 4.90 Å². The fraction of sp³-hybridized carbons (Fsp3) is 0.400. The molecule has 186 valence electrons. The van der Waals surface area contributed by atoms with E-state index in [2.05, 4.69) is 4.72 Å². The van der Waals surface area contributed by atoms with E-state index in [4.69, 9.17) is 44.3 Å². The summed E-state index contributed by atoms with van der Waals surface area (Å²) in [5.74, 6) is -1.33. The summed E-state index contributed by atoms with van der Waals surface area (Å²) in [6.07, 6.45) is -0.670. The molecule has 3 rings (SSSR count). The van der Waals surface area contributed by atoms with Gasteiger partial charge in [-0.1, -0.05) is 34.8 Å². The predicted molar refractivity (Wildman–Crippen MR) is 130 cm³/mol. The van der Waals surface area contributed by atoms with E-state index in [-0.39, 0.29) is 36.4 Å². The number of amides is 1. The van der Waals surface area contributed by atoms with Crippen LogP contribution in [0.5, 0.6) is 5.75 Å². The minimum atomic E-state index is -4.21. The van der Waals surface area contributed by atoms with Crippen LogP contribution < -0.4 is 4.72 Å². The highest BCUT2D eigenvalue weighted by atomic mass is 35.5. The Morgan fingerprint density at radius 1 is 1.21 bits per heavy atom. The second-order valence-electron chi connectivity index (χ2n) is 8.37. The Morgan fingerprint density at radius 3 is 2.44 bits per heavy atom. The van der Waals surface area contributed by atoms with Crippen molar-refractivity contribution in [2.45, 2.75) is 43.8 Å². The molecule has 2 heterocycles. The Hall–Kier alpha value is -1.92. The third-order valence-electron chi connectivity index (χ3n) is 4.54. The van der Waals surface area contributed by atoms with Crippen molar-refractivity contribution in [2.24, 2.45) is 0 Å². The van der Waals surface area contributed by atoms with E-state index in [1.807, 2.05) is 0 Å². The van der Waals surface area contributed by atoms with Crippen LogP contribution in [0.15, 0.2) is 23.1 Å². The minimum absolute atomic E-state index is 0.0186. The lowest BCUT2D eigenvalue weighted by atomic mass is 10.2. The first-order chi connectivity index (χ1) is 15.7. The van der Waals surface area contributed by atoms with Gasteiger partial charge in [0, 0.05) is 19.0 Å². The molecule has 1 aromatic carbocycles. The average molecular weight is 572 g/mol. The van der Waals surface area contributed by atoms with Crippen LogP contribution in [0.3, 0.4) is 0 Å². The first-order valence-electron chi connectivity index (χ1n) is 9.86. The summed E-state index contributed by atoms with van der Waals surface area (Å²) < 4.78 is 38.1. The highest BCUT2D eigenvalue weighted by Crippen LogP contribution is 2.43. The molecule has 1 aromatic heterocycles. The number of esters is 1. The molecule has 1 aliphatic heterocycles. The lowest BCUT2D eigenvalue weighted by molar-refractivity contribution is 0.0190. The maximum absolute atomic E-state index is 12.6. The standard InChI is InChI=1S/C20H21Cl3N2O7S2/c1-20(2,3)32-19(28)25-7-6-11(9-25)31-18(27)12-5-4-10(8-13(12)26)24-34(29,30)15-14(21)16(22)33-17(15)23/h4-5,8,11,24,26H,6-7,9H2,1-3H3. The lowest BCUT2D eigenvalue weighted by Crippen LogP contribution is -2.36. The average Bonchev–Trinajstić information content (AvgIpc) is 3.24. The molecular weight excluding hydrogens is 551 g/mol. The van der Waals surface area contributed by atoms with Gasteiger partial charge in [0.05, 0.1) is 17.3 Å². The molecule has 1 saturated heterocycles. The number of carbonyl (C=O) groups excluding carboxylic acids is 2. The van der Waals surface area contributed by atoms with E-state index in [0.29, 0.717) is 13.0 Å². The van der Waals surface area contributed by atoms with Crippen LogP contribution in [0.1, 0.15) is 37.6 Å². The number of benzene rings is 1. The molecule has 1 atom stereocenters. The number of sulfonamides is 1. The van der Waals surface area contributed by atoms with Gasteiger partial charge in [0.15, 0.2) is 0 Å². The molecule has 14 heteroatoms. The Labute approximate surface area is 215 Å². The van der Waals surface area contributed by atoms with Gasteiger partial charge in [-0.2, -0.15) is 0 Å². The summed E-state index contributed by atoms with van der Waals surface area (Å²) in [6, 6.07) is 3.52. The quantitative estimate of drug-likeness (QED) is 0.462. The highest BCUT2D eigenvalue weighted by molar-refractivity contribution is 7.93. The molecule has 0 spiro atoms. The highest BCUT2D eigenvalue weighted by Gasteiger charge is 2.32. The van der Waals surface area contributed by atoms with E-state index < -0.39 is 39.5 Å². The zero-order valence-electron chi connectivity index (χ0n) is 18.2. The van der Waals surface area contributed by atoms with Gasteiger partial charge < -0.3 is 19.5 Å². The third kappa shape index (κ3) is 6.19. The number of nitrogens with zero attached hydrogens (tertiary/aromatic N) is 1.